The monoisotopic (exact) mass is 465 g/mol. The number of amides is 2. The lowest BCUT2D eigenvalue weighted by atomic mass is 9.94. The molecule has 33 heavy (non-hydrogen) atoms. The number of carbonyl (C=O) groups is 2. The Balaban J connectivity index is 1.58. The topological polar surface area (TPSA) is 70.7 Å². The first-order chi connectivity index (χ1) is 16.0. The second-order valence-electron chi connectivity index (χ2n) is 8.03. The zero-order chi connectivity index (χ0) is 23.6. The molecule has 7 heteroatoms. The molecule has 0 atom stereocenters. The largest absolute Gasteiger partial charge is 0.494 e. The molecule has 0 unspecified atom stereocenters. The van der Waals surface area contributed by atoms with Crippen molar-refractivity contribution in [1.29, 1.82) is 0 Å². The van der Waals surface area contributed by atoms with E-state index >= 15 is 0 Å². The van der Waals surface area contributed by atoms with Crippen molar-refractivity contribution in [2.24, 2.45) is 0 Å². The summed E-state index contributed by atoms with van der Waals surface area (Å²) in [6.45, 7) is 2.53. The van der Waals surface area contributed by atoms with Gasteiger partial charge in [-0.25, -0.2) is 0 Å². The molecule has 174 valence electrons. The number of anilines is 1. The van der Waals surface area contributed by atoms with Crippen LogP contribution in [0, 0.1) is 0 Å². The van der Waals surface area contributed by atoms with Crippen molar-refractivity contribution in [3.05, 3.63) is 65.7 Å². The normalized spacial score (nSPS) is 14.0. The minimum absolute atomic E-state index is 0.0467. The number of thiocarbonyl (C=S) groups is 1. The number of hydrogen-bond acceptors (Lipinski definition) is 4. The van der Waals surface area contributed by atoms with Crippen molar-refractivity contribution in [3.8, 4) is 5.75 Å². The molecule has 0 heterocycles. The van der Waals surface area contributed by atoms with Gasteiger partial charge in [-0.3, -0.25) is 14.9 Å². The first kappa shape index (κ1) is 24.5. The van der Waals surface area contributed by atoms with Crippen LogP contribution in [-0.4, -0.2) is 41.5 Å². The molecule has 0 bridgehead atoms. The second-order valence-corrected chi connectivity index (χ2v) is 8.44. The van der Waals surface area contributed by atoms with Crippen LogP contribution < -0.4 is 15.4 Å². The molecular weight excluding hydrogens is 434 g/mol. The fourth-order valence-electron chi connectivity index (χ4n) is 3.92. The highest BCUT2D eigenvalue weighted by Gasteiger charge is 2.24. The lowest BCUT2D eigenvalue weighted by Gasteiger charge is -2.31. The summed E-state index contributed by atoms with van der Waals surface area (Å²) in [5.74, 6) is 0.380. The van der Waals surface area contributed by atoms with Crippen molar-refractivity contribution in [3.63, 3.8) is 0 Å². The summed E-state index contributed by atoms with van der Waals surface area (Å²) in [5, 5.41) is 5.77. The molecule has 1 aliphatic carbocycles. The number of nitrogens with one attached hydrogen (secondary N) is 2. The lowest BCUT2D eigenvalue weighted by molar-refractivity contribution is -0.115. The molecule has 2 amide bonds. The molecule has 1 saturated carbocycles. The highest BCUT2D eigenvalue weighted by atomic mass is 32.1. The van der Waals surface area contributed by atoms with Crippen LogP contribution in [0.25, 0.3) is 6.08 Å². The van der Waals surface area contributed by atoms with Gasteiger partial charge < -0.3 is 15.0 Å². The standard InChI is InChI=1S/C26H31N3O3S/c1-3-32-21-16-13-19(14-17-21)15-18-24(30)28-26(33)27-23-12-8-7-11-22(23)25(31)29(2)20-9-5-4-6-10-20/h7-8,11-18,20H,3-6,9-10H2,1-2H3,(H2,27,28,30,33)/b18-15+. The maximum atomic E-state index is 13.1. The number of benzene rings is 2. The molecule has 6 nitrogen and oxygen atoms in total. The molecule has 0 aliphatic heterocycles. The highest BCUT2D eigenvalue weighted by Crippen LogP contribution is 2.25. The number of hydrogen-bond donors (Lipinski definition) is 2. The summed E-state index contributed by atoms with van der Waals surface area (Å²) in [7, 11) is 1.86. The molecule has 0 radical (unpaired) electrons. The van der Waals surface area contributed by atoms with E-state index < -0.39 is 0 Å². The summed E-state index contributed by atoms with van der Waals surface area (Å²) < 4.78 is 5.42. The first-order valence-corrected chi connectivity index (χ1v) is 11.8. The third kappa shape index (κ3) is 7.15. The summed E-state index contributed by atoms with van der Waals surface area (Å²) >= 11 is 5.31. The van der Waals surface area contributed by atoms with E-state index in [0.717, 1.165) is 37.0 Å². The Kier molecular flexibility index (Phi) is 9.01. The van der Waals surface area contributed by atoms with E-state index in [2.05, 4.69) is 10.6 Å². The third-order valence-electron chi connectivity index (χ3n) is 5.70. The predicted octanol–water partition coefficient (Wildman–Crippen LogP) is 5.02. The zero-order valence-corrected chi connectivity index (χ0v) is 20.0. The van der Waals surface area contributed by atoms with E-state index in [0.29, 0.717) is 17.9 Å². The molecule has 2 aromatic rings. The number of rotatable bonds is 7. The van der Waals surface area contributed by atoms with Crippen molar-refractivity contribution in [2.45, 2.75) is 45.1 Å². The van der Waals surface area contributed by atoms with Crippen LogP contribution in [0.3, 0.4) is 0 Å². The van der Waals surface area contributed by atoms with E-state index in [1.807, 2.05) is 55.3 Å². The van der Waals surface area contributed by atoms with Crippen molar-refractivity contribution in [2.75, 3.05) is 19.0 Å². The van der Waals surface area contributed by atoms with Gasteiger partial charge in [0.2, 0.25) is 5.91 Å². The highest BCUT2D eigenvalue weighted by molar-refractivity contribution is 7.80. The van der Waals surface area contributed by atoms with Gasteiger partial charge in [0.25, 0.3) is 5.91 Å². The maximum Gasteiger partial charge on any atom is 0.255 e. The molecule has 1 fully saturated rings. The molecule has 2 N–H and O–H groups in total. The zero-order valence-electron chi connectivity index (χ0n) is 19.2. The van der Waals surface area contributed by atoms with E-state index in [-0.39, 0.29) is 23.0 Å². The number of ether oxygens (including phenoxy) is 1. The first-order valence-electron chi connectivity index (χ1n) is 11.4. The van der Waals surface area contributed by atoms with Gasteiger partial charge in [-0.2, -0.15) is 0 Å². The van der Waals surface area contributed by atoms with Gasteiger partial charge in [-0.05, 0) is 67.9 Å². The van der Waals surface area contributed by atoms with Crippen molar-refractivity contribution >= 4 is 40.9 Å². The third-order valence-corrected chi connectivity index (χ3v) is 5.91. The summed E-state index contributed by atoms with van der Waals surface area (Å²) in [6.07, 6.45) is 8.73. The fraction of sp³-hybridized carbons (Fsp3) is 0.346. The number of nitrogens with zero attached hydrogens (tertiary/aromatic N) is 1. The van der Waals surface area contributed by atoms with Crippen LogP contribution in [0.5, 0.6) is 5.75 Å². The average Bonchev–Trinajstić information content (AvgIpc) is 2.84. The fourth-order valence-corrected chi connectivity index (χ4v) is 4.13. The summed E-state index contributed by atoms with van der Waals surface area (Å²) in [5.41, 5.74) is 1.98. The number of carbonyl (C=O) groups excluding carboxylic acids is 2. The van der Waals surface area contributed by atoms with Crippen LogP contribution in [0.1, 0.15) is 54.9 Å². The minimum atomic E-state index is -0.357. The minimum Gasteiger partial charge on any atom is -0.494 e. The van der Waals surface area contributed by atoms with Gasteiger partial charge in [-0.15, -0.1) is 0 Å². The van der Waals surface area contributed by atoms with E-state index in [1.54, 1.807) is 18.2 Å². The second kappa shape index (κ2) is 12.2. The average molecular weight is 466 g/mol. The number of para-hydroxylation sites is 1. The van der Waals surface area contributed by atoms with E-state index in [9.17, 15) is 9.59 Å². The Hall–Kier alpha value is -3.19. The summed E-state index contributed by atoms with van der Waals surface area (Å²) in [4.78, 5) is 27.3. The van der Waals surface area contributed by atoms with Crippen molar-refractivity contribution in [1.82, 2.24) is 10.2 Å². The molecule has 0 saturated heterocycles. The Labute approximate surface area is 201 Å². The smallest absolute Gasteiger partial charge is 0.255 e. The van der Waals surface area contributed by atoms with Gasteiger partial charge in [-0.1, -0.05) is 43.5 Å². The van der Waals surface area contributed by atoms with Crippen LogP contribution in [0.4, 0.5) is 5.69 Å². The van der Waals surface area contributed by atoms with Gasteiger partial charge in [0.1, 0.15) is 5.75 Å². The SMILES string of the molecule is CCOc1ccc(/C=C/C(=O)NC(=S)Nc2ccccc2C(=O)N(C)C2CCCCC2)cc1. The Bertz CT molecular complexity index is 998. The Morgan fingerprint density at radius 1 is 1.09 bits per heavy atom. The van der Waals surface area contributed by atoms with E-state index in [1.165, 1.54) is 12.5 Å². The summed E-state index contributed by atoms with van der Waals surface area (Å²) in [6, 6.07) is 14.9. The van der Waals surface area contributed by atoms with Gasteiger partial charge in [0.15, 0.2) is 5.11 Å². The maximum absolute atomic E-state index is 13.1. The van der Waals surface area contributed by atoms with Crippen LogP contribution in [0.2, 0.25) is 0 Å². The van der Waals surface area contributed by atoms with E-state index in [4.69, 9.17) is 17.0 Å². The van der Waals surface area contributed by atoms with Crippen LogP contribution in [0.15, 0.2) is 54.6 Å². The quantitative estimate of drug-likeness (QED) is 0.444. The lowest BCUT2D eigenvalue weighted by Crippen LogP contribution is -2.39. The molecule has 3 rings (SSSR count). The Morgan fingerprint density at radius 3 is 2.48 bits per heavy atom. The molecular formula is C26H31N3O3S. The van der Waals surface area contributed by atoms with Crippen molar-refractivity contribution < 1.29 is 14.3 Å². The predicted molar refractivity (Wildman–Crippen MR) is 136 cm³/mol. The molecule has 2 aromatic carbocycles. The van der Waals surface area contributed by atoms with Crippen LogP contribution in [-0.2, 0) is 4.79 Å². The molecule has 1 aliphatic rings. The molecule has 0 spiro atoms. The molecule has 0 aromatic heterocycles. The Morgan fingerprint density at radius 2 is 1.79 bits per heavy atom. The van der Waals surface area contributed by atoms with Crippen LogP contribution >= 0.6 is 12.2 Å². The van der Waals surface area contributed by atoms with Gasteiger partial charge in [0, 0.05) is 19.2 Å². The van der Waals surface area contributed by atoms with Gasteiger partial charge >= 0.3 is 0 Å². The van der Waals surface area contributed by atoms with Gasteiger partial charge in [0.05, 0.1) is 17.9 Å².